The Morgan fingerprint density at radius 1 is 0.833 bits per heavy atom. The summed E-state index contributed by atoms with van der Waals surface area (Å²) in [5, 5.41) is 8.42. The maximum absolute atomic E-state index is 5.89. The molecule has 0 amide bonds. The third-order valence-electron chi connectivity index (χ3n) is 5.27. The molecule has 0 atom stereocenters. The minimum atomic E-state index is 0.475. The summed E-state index contributed by atoms with van der Waals surface area (Å²) in [6.45, 7) is 4.39. The summed E-state index contributed by atoms with van der Waals surface area (Å²) < 4.78 is 21.8. The van der Waals surface area contributed by atoms with Crippen LogP contribution in [0.2, 0.25) is 0 Å². The van der Waals surface area contributed by atoms with Crippen molar-refractivity contribution in [3.63, 3.8) is 0 Å². The van der Waals surface area contributed by atoms with E-state index in [4.69, 9.17) is 18.6 Å². The molecule has 1 aliphatic heterocycles. The van der Waals surface area contributed by atoms with E-state index in [2.05, 4.69) is 32.1 Å². The zero-order valence-corrected chi connectivity index (χ0v) is 17.5. The maximum Gasteiger partial charge on any atom is 0.247 e. The molecule has 1 saturated heterocycles. The fraction of sp³-hybridized carbons (Fsp3) is 0.364. The quantitative estimate of drug-likeness (QED) is 0.588. The predicted molar refractivity (Wildman–Crippen MR) is 113 cm³/mol. The van der Waals surface area contributed by atoms with Gasteiger partial charge in [-0.25, -0.2) is 0 Å². The second-order valence-corrected chi connectivity index (χ2v) is 7.03. The van der Waals surface area contributed by atoms with Crippen LogP contribution in [0.15, 0.2) is 46.9 Å². The highest BCUT2D eigenvalue weighted by Gasteiger charge is 2.20. The van der Waals surface area contributed by atoms with Crippen molar-refractivity contribution in [3.05, 3.63) is 48.4 Å². The van der Waals surface area contributed by atoms with Crippen LogP contribution in [0.4, 0.5) is 5.69 Å². The number of piperazine rings is 1. The summed E-state index contributed by atoms with van der Waals surface area (Å²) >= 11 is 0. The Bertz CT molecular complexity index is 966. The first-order valence-electron chi connectivity index (χ1n) is 9.86. The molecule has 2 aromatic carbocycles. The number of hydrogen-bond donors (Lipinski definition) is 0. The van der Waals surface area contributed by atoms with Gasteiger partial charge in [0.05, 0.1) is 27.9 Å². The predicted octanol–water partition coefficient (Wildman–Crippen LogP) is 3.08. The molecule has 0 unspecified atom stereocenters. The Morgan fingerprint density at radius 2 is 1.57 bits per heavy atom. The van der Waals surface area contributed by atoms with Crippen molar-refractivity contribution >= 4 is 5.69 Å². The van der Waals surface area contributed by atoms with Gasteiger partial charge in [-0.3, -0.25) is 4.90 Å². The monoisotopic (exact) mass is 410 g/mol. The average molecular weight is 410 g/mol. The van der Waals surface area contributed by atoms with Crippen LogP contribution < -0.4 is 19.1 Å². The maximum atomic E-state index is 5.89. The lowest BCUT2D eigenvalue weighted by atomic mass is 10.2. The second-order valence-electron chi connectivity index (χ2n) is 7.03. The molecule has 0 spiro atoms. The topological polar surface area (TPSA) is 73.1 Å². The van der Waals surface area contributed by atoms with Crippen LogP contribution in [0, 0.1) is 0 Å². The number of nitrogens with zero attached hydrogens (tertiary/aromatic N) is 4. The molecular weight excluding hydrogens is 384 g/mol. The molecule has 1 aliphatic rings. The van der Waals surface area contributed by atoms with Crippen molar-refractivity contribution in [1.29, 1.82) is 0 Å². The lowest BCUT2D eigenvalue weighted by molar-refractivity contribution is 0.227. The highest BCUT2D eigenvalue weighted by Crippen LogP contribution is 2.31. The summed E-state index contributed by atoms with van der Waals surface area (Å²) in [6.07, 6.45) is 0. The first-order chi connectivity index (χ1) is 14.7. The molecule has 158 valence electrons. The van der Waals surface area contributed by atoms with Gasteiger partial charge in [0.1, 0.15) is 5.75 Å². The van der Waals surface area contributed by atoms with Gasteiger partial charge in [-0.15, -0.1) is 10.2 Å². The summed E-state index contributed by atoms with van der Waals surface area (Å²) in [6, 6.07) is 13.7. The molecule has 0 N–H and O–H groups in total. The second kappa shape index (κ2) is 9.04. The molecule has 0 aliphatic carbocycles. The van der Waals surface area contributed by atoms with Gasteiger partial charge in [0.25, 0.3) is 0 Å². The van der Waals surface area contributed by atoms with Gasteiger partial charge in [0.2, 0.25) is 11.8 Å². The van der Waals surface area contributed by atoms with Crippen molar-refractivity contribution in [3.8, 4) is 28.7 Å². The summed E-state index contributed by atoms with van der Waals surface area (Å²) in [5.74, 6) is 3.25. The van der Waals surface area contributed by atoms with Crippen LogP contribution in [-0.4, -0.2) is 62.6 Å². The van der Waals surface area contributed by atoms with Gasteiger partial charge in [0.15, 0.2) is 11.5 Å². The lowest BCUT2D eigenvalue weighted by Crippen LogP contribution is -2.46. The number of ether oxygens (including phenoxy) is 3. The minimum absolute atomic E-state index is 0.475. The van der Waals surface area contributed by atoms with Crippen LogP contribution in [0.3, 0.4) is 0 Å². The molecule has 0 bridgehead atoms. The normalized spacial score (nSPS) is 14.6. The number of hydrogen-bond acceptors (Lipinski definition) is 8. The number of aromatic nitrogens is 2. The van der Waals surface area contributed by atoms with Crippen molar-refractivity contribution < 1.29 is 18.6 Å². The molecular formula is C22H26N4O4. The van der Waals surface area contributed by atoms with Gasteiger partial charge in [0, 0.05) is 37.4 Å². The average Bonchev–Trinajstić information content (AvgIpc) is 3.27. The fourth-order valence-corrected chi connectivity index (χ4v) is 3.55. The molecule has 1 fully saturated rings. The van der Waals surface area contributed by atoms with E-state index in [-0.39, 0.29) is 0 Å². The van der Waals surface area contributed by atoms with E-state index >= 15 is 0 Å². The van der Waals surface area contributed by atoms with Crippen molar-refractivity contribution in [1.82, 2.24) is 15.1 Å². The minimum Gasteiger partial charge on any atom is -0.497 e. The van der Waals surface area contributed by atoms with Crippen LogP contribution in [0.1, 0.15) is 5.89 Å². The van der Waals surface area contributed by atoms with E-state index in [0.29, 0.717) is 29.8 Å². The van der Waals surface area contributed by atoms with E-state index in [0.717, 1.165) is 37.5 Å². The molecule has 30 heavy (non-hydrogen) atoms. The van der Waals surface area contributed by atoms with Crippen LogP contribution >= 0.6 is 0 Å². The van der Waals surface area contributed by atoms with E-state index in [1.165, 1.54) is 5.69 Å². The molecule has 0 saturated carbocycles. The van der Waals surface area contributed by atoms with Gasteiger partial charge in [-0.1, -0.05) is 0 Å². The Hall–Kier alpha value is -3.26. The highest BCUT2D eigenvalue weighted by molar-refractivity contribution is 5.59. The summed E-state index contributed by atoms with van der Waals surface area (Å²) in [4.78, 5) is 4.70. The van der Waals surface area contributed by atoms with Crippen LogP contribution in [0.25, 0.3) is 11.5 Å². The van der Waals surface area contributed by atoms with Gasteiger partial charge < -0.3 is 23.5 Å². The molecule has 2 heterocycles. The Balaban J connectivity index is 1.35. The molecule has 8 heteroatoms. The van der Waals surface area contributed by atoms with Gasteiger partial charge in [-0.05, 0) is 42.5 Å². The Labute approximate surface area is 176 Å². The van der Waals surface area contributed by atoms with Gasteiger partial charge in [-0.2, -0.15) is 0 Å². The smallest absolute Gasteiger partial charge is 0.247 e. The van der Waals surface area contributed by atoms with E-state index in [1.54, 1.807) is 21.3 Å². The SMILES string of the molecule is COc1ccc(N2CCN(Cc3nnc(-c4ccc(OC)c(OC)c4)o3)CC2)cc1. The highest BCUT2D eigenvalue weighted by atomic mass is 16.5. The molecule has 8 nitrogen and oxygen atoms in total. The number of benzene rings is 2. The third-order valence-corrected chi connectivity index (χ3v) is 5.27. The first-order valence-corrected chi connectivity index (χ1v) is 9.86. The third kappa shape index (κ3) is 4.33. The number of methoxy groups -OCH3 is 3. The Kier molecular flexibility index (Phi) is 6.04. The van der Waals surface area contributed by atoms with Gasteiger partial charge >= 0.3 is 0 Å². The lowest BCUT2D eigenvalue weighted by Gasteiger charge is -2.35. The zero-order valence-electron chi connectivity index (χ0n) is 17.5. The summed E-state index contributed by atoms with van der Waals surface area (Å²) in [7, 11) is 4.89. The largest absolute Gasteiger partial charge is 0.497 e. The zero-order chi connectivity index (χ0) is 20.9. The Morgan fingerprint density at radius 3 is 2.23 bits per heavy atom. The molecule has 4 rings (SSSR count). The van der Waals surface area contributed by atoms with E-state index < -0.39 is 0 Å². The standard InChI is InChI=1S/C22H26N4O4/c1-27-18-7-5-17(6-8-18)26-12-10-25(11-13-26)15-21-23-24-22(30-21)16-4-9-19(28-2)20(14-16)29-3/h4-9,14H,10-13,15H2,1-3H3. The van der Waals surface area contributed by atoms with E-state index in [9.17, 15) is 0 Å². The number of rotatable bonds is 7. The molecule has 3 aromatic rings. The molecule has 1 aromatic heterocycles. The number of anilines is 1. The van der Waals surface area contributed by atoms with Crippen molar-refractivity contribution in [2.75, 3.05) is 52.4 Å². The van der Waals surface area contributed by atoms with Crippen molar-refractivity contribution in [2.45, 2.75) is 6.54 Å². The first kappa shape index (κ1) is 20.0. The summed E-state index contributed by atoms with van der Waals surface area (Å²) in [5.41, 5.74) is 2.01. The van der Waals surface area contributed by atoms with Crippen LogP contribution in [-0.2, 0) is 6.54 Å². The van der Waals surface area contributed by atoms with Crippen LogP contribution in [0.5, 0.6) is 17.2 Å². The van der Waals surface area contributed by atoms with E-state index in [1.807, 2.05) is 30.3 Å². The van der Waals surface area contributed by atoms with Crippen molar-refractivity contribution in [2.24, 2.45) is 0 Å². The molecule has 0 radical (unpaired) electrons. The fourth-order valence-electron chi connectivity index (χ4n) is 3.55.